The van der Waals surface area contributed by atoms with Gasteiger partial charge in [-0.25, -0.2) is 4.98 Å². The van der Waals surface area contributed by atoms with E-state index in [0.29, 0.717) is 13.0 Å². The maximum Gasteiger partial charge on any atom is 0.237 e. The first-order valence-corrected chi connectivity index (χ1v) is 6.21. The van der Waals surface area contributed by atoms with Gasteiger partial charge in [0.15, 0.2) is 0 Å². The van der Waals surface area contributed by atoms with Crippen LogP contribution in [0.25, 0.3) is 0 Å². The molecule has 18 heavy (non-hydrogen) atoms. The fourth-order valence-electron chi connectivity index (χ4n) is 1.57. The third kappa shape index (κ3) is 4.33. The van der Waals surface area contributed by atoms with Gasteiger partial charge in [0.2, 0.25) is 5.91 Å². The van der Waals surface area contributed by atoms with Crippen LogP contribution in [0.1, 0.15) is 25.5 Å². The smallest absolute Gasteiger partial charge is 0.237 e. The van der Waals surface area contributed by atoms with Crippen molar-refractivity contribution in [3.05, 3.63) is 23.9 Å². The molecule has 0 aliphatic heterocycles. The first kappa shape index (κ1) is 14.4. The summed E-state index contributed by atoms with van der Waals surface area (Å²) in [6.45, 7) is 2.42. The average molecular weight is 250 g/mol. The van der Waals surface area contributed by atoms with Crippen LogP contribution in [0.2, 0.25) is 0 Å². The normalized spacial score (nSPS) is 12.0. The minimum absolute atomic E-state index is 0.117. The van der Waals surface area contributed by atoms with E-state index in [1.807, 2.05) is 44.1 Å². The number of pyridine rings is 1. The van der Waals surface area contributed by atoms with E-state index in [1.165, 1.54) is 0 Å². The number of aromatic nitrogens is 1. The lowest BCUT2D eigenvalue weighted by Gasteiger charge is -2.14. The number of nitrogens with one attached hydrogen (secondary N) is 1. The second-order valence-corrected chi connectivity index (χ2v) is 4.49. The molecule has 0 aromatic carbocycles. The highest BCUT2D eigenvalue weighted by Gasteiger charge is 2.11. The molecule has 1 unspecified atom stereocenters. The van der Waals surface area contributed by atoms with Crippen molar-refractivity contribution in [2.45, 2.75) is 32.4 Å². The average Bonchev–Trinajstić information content (AvgIpc) is 2.36. The van der Waals surface area contributed by atoms with Gasteiger partial charge >= 0.3 is 0 Å². The molecule has 5 heteroatoms. The van der Waals surface area contributed by atoms with E-state index < -0.39 is 6.04 Å². The molecule has 1 atom stereocenters. The number of rotatable bonds is 6. The van der Waals surface area contributed by atoms with Gasteiger partial charge in [-0.15, -0.1) is 0 Å². The lowest BCUT2D eigenvalue weighted by Crippen LogP contribution is -2.40. The molecular formula is C13H22N4O. The van der Waals surface area contributed by atoms with Crippen molar-refractivity contribution in [3.63, 3.8) is 0 Å². The molecule has 0 saturated heterocycles. The molecule has 3 N–H and O–H groups in total. The summed E-state index contributed by atoms with van der Waals surface area (Å²) >= 11 is 0. The Bertz CT molecular complexity index is 392. The van der Waals surface area contributed by atoms with Gasteiger partial charge in [0.05, 0.1) is 18.3 Å². The van der Waals surface area contributed by atoms with Gasteiger partial charge in [-0.2, -0.15) is 0 Å². The minimum Gasteiger partial charge on any atom is -0.363 e. The number of carbonyl (C=O) groups excluding carboxylic acids is 1. The van der Waals surface area contributed by atoms with E-state index in [-0.39, 0.29) is 5.91 Å². The number of amides is 1. The standard InChI is InChI=1S/C13H22N4O/c1-4-6-11(14)13(18)15-9-10-7-5-8-12(16-10)17(2)3/h5,7-8,11H,4,6,9,14H2,1-3H3,(H,15,18). The van der Waals surface area contributed by atoms with Crippen molar-refractivity contribution in [2.24, 2.45) is 5.73 Å². The molecule has 0 spiro atoms. The van der Waals surface area contributed by atoms with Gasteiger partial charge in [-0.1, -0.05) is 19.4 Å². The Morgan fingerprint density at radius 3 is 2.83 bits per heavy atom. The highest BCUT2D eigenvalue weighted by Crippen LogP contribution is 2.07. The Kier molecular flexibility index (Phi) is 5.58. The van der Waals surface area contributed by atoms with E-state index in [9.17, 15) is 4.79 Å². The van der Waals surface area contributed by atoms with E-state index in [4.69, 9.17) is 5.73 Å². The Balaban J connectivity index is 2.53. The maximum absolute atomic E-state index is 11.7. The Morgan fingerprint density at radius 1 is 1.50 bits per heavy atom. The van der Waals surface area contributed by atoms with Crippen molar-refractivity contribution in [3.8, 4) is 0 Å². The molecule has 1 aromatic rings. The van der Waals surface area contributed by atoms with Gasteiger partial charge in [-0.3, -0.25) is 4.79 Å². The highest BCUT2D eigenvalue weighted by molar-refractivity contribution is 5.81. The van der Waals surface area contributed by atoms with E-state index in [1.54, 1.807) is 0 Å². The first-order chi connectivity index (χ1) is 8.54. The second kappa shape index (κ2) is 6.96. The van der Waals surface area contributed by atoms with Crippen LogP contribution in [0.15, 0.2) is 18.2 Å². The monoisotopic (exact) mass is 250 g/mol. The Hall–Kier alpha value is -1.62. The predicted octanol–water partition coefficient (Wildman–Crippen LogP) is 0.891. The summed E-state index contributed by atoms with van der Waals surface area (Å²) in [5.41, 5.74) is 6.56. The van der Waals surface area contributed by atoms with Crippen molar-refractivity contribution >= 4 is 11.7 Å². The number of hydrogen-bond acceptors (Lipinski definition) is 4. The molecular weight excluding hydrogens is 228 g/mol. The van der Waals surface area contributed by atoms with Crippen molar-refractivity contribution < 1.29 is 4.79 Å². The van der Waals surface area contributed by atoms with Crippen LogP contribution in [-0.2, 0) is 11.3 Å². The van der Waals surface area contributed by atoms with Crippen LogP contribution in [0.5, 0.6) is 0 Å². The zero-order chi connectivity index (χ0) is 13.5. The second-order valence-electron chi connectivity index (χ2n) is 4.49. The topological polar surface area (TPSA) is 71.2 Å². The van der Waals surface area contributed by atoms with Gasteiger partial charge < -0.3 is 16.0 Å². The summed E-state index contributed by atoms with van der Waals surface area (Å²) in [7, 11) is 3.86. The van der Waals surface area contributed by atoms with Gasteiger partial charge in [0, 0.05) is 14.1 Å². The van der Waals surface area contributed by atoms with E-state index >= 15 is 0 Å². The molecule has 0 aliphatic rings. The third-order valence-electron chi connectivity index (χ3n) is 2.63. The molecule has 1 amide bonds. The minimum atomic E-state index is -0.424. The van der Waals surface area contributed by atoms with Crippen LogP contribution < -0.4 is 16.0 Å². The number of hydrogen-bond donors (Lipinski definition) is 2. The summed E-state index contributed by atoms with van der Waals surface area (Å²) in [5.74, 6) is 0.758. The van der Waals surface area contributed by atoms with Gasteiger partial charge in [0.25, 0.3) is 0 Å². The summed E-state index contributed by atoms with van der Waals surface area (Å²) < 4.78 is 0. The summed E-state index contributed by atoms with van der Waals surface area (Å²) in [6, 6.07) is 5.31. The summed E-state index contributed by atoms with van der Waals surface area (Å²) in [6.07, 6.45) is 1.61. The van der Waals surface area contributed by atoms with E-state index in [0.717, 1.165) is 17.9 Å². The van der Waals surface area contributed by atoms with Crippen molar-refractivity contribution in [1.82, 2.24) is 10.3 Å². The number of nitrogens with two attached hydrogens (primary N) is 1. The molecule has 0 saturated carbocycles. The predicted molar refractivity (Wildman–Crippen MR) is 73.3 cm³/mol. The molecule has 1 rings (SSSR count). The molecule has 0 bridgehead atoms. The van der Waals surface area contributed by atoms with Crippen LogP contribution in [0, 0.1) is 0 Å². The Labute approximate surface area is 108 Å². The van der Waals surface area contributed by atoms with E-state index in [2.05, 4.69) is 10.3 Å². The quantitative estimate of drug-likeness (QED) is 0.786. The van der Waals surface area contributed by atoms with Crippen LogP contribution in [0.3, 0.4) is 0 Å². The van der Waals surface area contributed by atoms with Gasteiger partial charge in [-0.05, 0) is 18.6 Å². The SMILES string of the molecule is CCCC(N)C(=O)NCc1cccc(N(C)C)n1. The molecule has 0 fully saturated rings. The zero-order valence-corrected chi connectivity index (χ0v) is 11.3. The van der Waals surface area contributed by atoms with Crippen LogP contribution >= 0.6 is 0 Å². The zero-order valence-electron chi connectivity index (χ0n) is 11.3. The van der Waals surface area contributed by atoms with Crippen LogP contribution in [0.4, 0.5) is 5.82 Å². The number of carbonyl (C=O) groups is 1. The summed E-state index contributed by atoms with van der Waals surface area (Å²) in [5, 5.41) is 2.80. The molecule has 1 aromatic heterocycles. The molecule has 100 valence electrons. The van der Waals surface area contributed by atoms with Crippen molar-refractivity contribution in [2.75, 3.05) is 19.0 Å². The Morgan fingerprint density at radius 2 is 2.22 bits per heavy atom. The number of anilines is 1. The number of nitrogens with zero attached hydrogens (tertiary/aromatic N) is 2. The molecule has 0 aliphatic carbocycles. The first-order valence-electron chi connectivity index (χ1n) is 6.21. The lowest BCUT2D eigenvalue weighted by molar-refractivity contribution is -0.122. The molecule has 0 radical (unpaired) electrons. The fraction of sp³-hybridized carbons (Fsp3) is 0.538. The molecule has 1 heterocycles. The highest BCUT2D eigenvalue weighted by atomic mass is 16.2. The van der Waals surface area contributed by atoms with Crippen molar-refractivity contribution in [1.29, 1.82) is 0 Å². The van der Waals surface area contributed by atoms with Crippen LogP contribution in [-0.4, -0.2) is 31.0 Å². The lowest BCUT2D eigenvalue weighted by atomic mass is 10.1. The summed E-state index contributed by atoms with van der Waals surface area (Å²) in [4.78, 5) is 18.0. The largest absolute Gasteiger partial charge is 0.363 e. The van der Waals surface area contributed by atoms with Gasteiger partial charge in [0.1, 0.15) is 5.82 Å². The fourth-order valence-corrected chi connectivity index (χ4v) is 1.57. The maximum atomic E-state index is 11.7. The third-order valence-corrected chi connectivity index (χ3v) is 2.63. The molecule has 5 nitrogen and oxygen atoms in total.